The first kappa shape index (κ1) is 15.9. The molecule has 6 heteroatoms. The minimum atomic E-state index is 0.0767. The number of piperidine rings is 1. The zero-order valence-electron chi connectivity index (χ0n) is 13.7. The predicted octanol–water partition coefficient (Wildman–Crippen LogP) is 3.62. The predicted molar refractivity (Wildman–Crippen MR) is 97.5 cm³/mol. The lowest BCUT2D eigenvalue weighted by atomic mass is 9.90. The van der Waals surface area contributed by atoms with Crippen LogP contribution in [0, 0.1) is 0 Å². The smallest absolute Gasteiger partial charge is 0.265 e. The third kappa shape index (κ3) is 3.44. The maximum atomic E-state index is 12.8. The number of hydrogen-bond donors (Lipinski definition) is 0. The van der Waals surface area contributed by atoms with Crippen LogP contribution in [0.4, 0.5) is 0 Å². The third-order valence-electron chi connectivity index (χ3n) is 4.56. The van der Waals surface area contributed by atoms with Gasteiger partial charge in [-0.25, -0.2) is 4.98 Å². The average molecular weight is 350 g/mol. The average Bonchev–Trinajstić information content (AvgIpc) is 3.19. The van der Waals surface area contributed by atoms with E-state index in [1.807, 2.05) is 35.5 Å². The Labute approximate surface area is 150 Å². The summed E-state index contributed by atoms with van der Waals surface area (Å²) >= 11 is 1.41. The molecule has 0 aliphatic carbocycles. The molecule has 5 nitrogen and oxygen atoms in total. The molecular weight excluding hydrogens is 332 g/mol. The summed E-state index contributed by atoms with van der Waals surface area (Å²) in [6.07, 6.45) is 9.06. The van der Waals surface area contributed by atoms with Crippen LogP contribution in [0.25, 0.3) is 10.7 Å². The molecule has 1 aliphatic rings. The first-order valence-electron chi connectivity index (χ1n) is 8.37. The van der Waals surface area contributed by atoms with Crippen LogP contribution in [0.5, 0.6) is 0 Å². The van der Waals surface area contributed by atoms with Gasteiger partial charge in [0.15, 0.2) is 0 Å². The fourth-order valence-electron chi connectivity index (χ4n) is 3.19. The van der Waals surface area contributed by atoms with Crippen molar-refractivity contribution in [1.82, 2.24) is 19.9 Å². The Hall–Kier alpha value is -2.60. The molecule has 0 N–H and O–H groups in total. The molecular formula is C19H18N4OS. The van der Waals surface area contributed by atoms with E-state index in [1.165, 1.54) is 16.9 Å². The van der Waals surface area contributed by atoms with Crippen molar-refractivity contribution in [1.29, 1.82) is 0 Å². The van der Waals surface area contributed by atoms with Gasteiger partial charge in [0, 0.05) is 31.7 Å². The number of likely N-dealkylation sites (tertiary alicyclic amines) is 1. The summed E-state index contributed by atoms with van der Waals surface area (Å²) in [5.74, 6) is 0.588. The van der Waals surface area contributed by atoms with Gasteiger partial charge in [-0.05, 0) is 48.6 Å². The molecule has 0 spiro atoms. The van der Waals surface area contributed by atoms with Gasteiger partial charge in [-0.15, -0.1) is 11.3 Å². The molecule has 4 rings (SSSR count). The third-order valence-corrected chi connectivity index (χ3v) is 5.57. The molecule has 0 radical (unpaired) electrons. The van der Waals surface area contributed by atoms with Crippen molar-refractivity contribution >= 4 is 17.2 Å². The Morgan fingerprint density at radius 3 is 2.56 bits per heavy atom. The van der Waals surface area contributed by atoms with Crippen LogP contribution in [0.15, 0.2) is 55.1 Å². The van der Waals surface area contributed by atoms with Crippen LogP contribution in [0.2, 0.25) is 0 Å². The highest BCUT2D eigenvalue weighted by Crippen LogP contribution is 2.30. The Bertz CT molecular complexity index is 842. The second-order valence-corrected chi connectivity index (χ2v) is 7.12. The zero-order valence-corrected chi connectivity index (χ0v) is 14.5. The van der Waals surface area contributed by atoms with E-state index < -0.39 is 0 Å². The number of hydrogen-bond acceptors (Lipinski definition) is 5. The minimum absolute atomic E-state index is 0.0767. The summed E-state index contributed by atoms with van der Waals surface area (Å²) in [4.78, 5) is 28.1. The molecule has 0 atom stereocenters. The van der Waals surface area contributed by atoms with E-state index in [1.54, 1.807) is 12.4 Å². The molecule has 1 saturated heterocycles. The molecule has 3 aromatic rings. The number of nitrogens with zero attached hydrogens (tertiary/aromatic N) is 4. The Kier molecular flexibility index (Phi) is 4.52. The molecule has 0 unspecified atom stereocenters. The summed E-state index contributed by atoms with van der Waals surface area (Å²) in [5, 5.41) is 0.788. The van der Waals surface area contributed by atoms with Crippen molar-refractivity contribution < 1.29 is 4.79 Å². The summed E-state index contributed by atoms with van der Waals surface area (Å²) in [6, 6.07) is 9.85. The highest BCUT2D eigenvalue weighted by molar-refractivity contribution is 7.16. The highest BCUT2D eigenvalue weighted by Gasteiger charge is 2.25. The molecule has 1 amide bonds. The van der Waals surface area contributed by atoms with Crippen molar-refractivity contribution in [3.63, 3.8) is 0 Å². The van der Waals surface area contributed by atoms with Crippen molar-refractivity contribution in [3.05, 3.63) is 65.6 Å². The van der Waals surface area contributed by atoms with Crippen LogP contribution >= 0.6 is 11.3 Å². The number of carbonyl (C=O) groups is 1. The van der Waals surface area contributed by atoms with Gasteiger partial charge in [-0.2, -0.15) is 0 Å². The van der Waals surface area contributed by atoms with Crippen molar-refractivity contribution in [2.75, 3.05) is 13.1 Å². The number of aromatic nitrogens is 3. The van der Waals surface area contributed by atoms with Gasteiger partial charge < -0.3 is 4.90 Å². The first-order valence-corrected chi connectivity index (χ1v) is 9.19. The molecule has 4 heterocycles. The molecule has 0 aromatic carbocycles. The summed E-state index contributed by atoms with van der Waals surface area (Å²) in [6.45, 7) is 1.56. The van der Waals surface area contributed by atoms with E-state index in [4.69, 9.17) is 0 Å². The zero-order chi connectivity index (χ0) is 17.1. The van der Waals surface area contributed by atoms with E-state index in [2.05, 4.69) is 27.1 Å². The quantitative estimate of drug-likeness (QED) is 0.724. The number of carbonyl (C=O) groups excluding carboxylic acids is 1. The molecule has 3 aromatic heterocycles. The van der Waals surface area contributed by atoms with E-state index in [-0.39, 0.29) is 5.91 Å². The van der Waals surface area contributed by atoms with Gasteiger partial charge in [-0.1, -0.05) is 6.07 Å². The van der Waals surface area contributed by atoms with Gasteiger partial charge in [0.25, 0.3) is 5.91 Å². The monoisotopic (exact) mass is 350 g/mol. The summed E-state index contributed by atoms with van der Waals surface area (Å²) in [7, 11) is 0. The highest BCUT2D eigenvalue weighted by atomic mass is 32.1. The van der Waals surface area contributed by atoms with Gasteiger partial charge in [-0.3, -0.25) is 14.8 Å². The van der Waals surface area contributed by atoms with Crippen LogP contribution in [-0.2, 0) is 0 Å². The molecule has 1 fully saturated rings. The molecule has 0 saturated carbocycles. The Morgan fingerprint density at radius 1 is 1.04 bits per heavy atom. The van der Waals surface area contributed by atoms with Crippen molar-refractivity contribution in [2.24, 2.45) is 0 Å². The van der Waals surface area contributed by atoms with Crippen LogP contribution in [0.1, 0.15) is 34.0 Å². The lowest BCUT2D eigenvalue weighted by molar-refractivity contribution is 0.0717. The fraction of sp³-hybridized carbons (Fsp3) is 0.263. The van der Waals surface area contributed by atoms with Crippen LogP contribution < -0.4 is 0 Å². The number of amides is 1. The maximum absolute atomic E-state index is 12.8. The lowest BCUT2D eigenvalue weighted by Crippen LogP contribution is -2.37. The van der Waals surface area contributed by atoms with Crippen LogP contribution in [0.3, 0.4) is 0 Å². The SMILES string of the molecule is O=C(c1cnc(-c2ccccn2)s1)N1CCC(c2ccncc2)CC1. The molecule has 25 heavy (non-hydrogen) atoms. The Morgan fingerprint density at radius 2 is 1.84 bits per heavy atom. The van der Waals surface area contributed by atoms with Crippen molar-refractivity contribution in [3.8, 4) is 10.7 Å². The Balaban J connectivity index is 1.42. The second kappa shape index (κ2) is 7.11. The molecule has 0 bridgehead atoms. The molecule has 1 aliphatic heterocycles. The fourth-order valence-corrected chi connectivity index (χ4v) is 4.05. The summed E-state index contributed by atoms with van der Waals surface area (Å²) in [5.41, 5.74) is 2.13. The number of pyridine rings is 2. The van der Waals surface area contributed by atoms with Crippen LogP contribution in [-0.4, -0.2) is 38.8 Å². The van der Waals surface area contributed by atoms with E-state index in [0.717, 1.165) is 36.6 Å². The van der Waals surface area contributed by atoms with Gasteiger partial charge in [0.05, 0.1) is 11.9 Å². The lowest BCUT2D eigenvalue weighted by Gasteiger charge is -2.31. The maximum Gasteiger partial charge on any atom is 0.265 e. The minimum Gasteiger partial charge on any atom is -0.338 e. The number of rotatable bonds is 3. The van der Waals surface area contributed by atoms with Crippen molar-refractivity contribution in [2.45, 2.75) is 18.8 Å². The van der Waals surface area contributed by atoms with E-state index in [0.29, 0.717) is 10.8 Å². The van der Waals surface area contributed by atoms with Gasteiger partial charge in [0.2, 0.25) is 0 Å². The first-order chi connectivity index (χ1) is 12.3. The topological polar surface area (TPSA) is 59.0 Å². The van der Waals surface area contributed by atoms with Gasteiger partial charge in [0.1, 0.15) is 9.88 Å². The second-order valence-electron chi connectivity index (χ2n) is 6.09. The standard InChI is InChI=1S/C19H18N4OS/c24-19(17-13-22-18(25-17)16-3-1-2-8-21-16)23-11-6-15(7-12-23)14-4-9-20-10-5-14/h1-5,8-10,13,15H,6-7,11-12H2. The molecule has 126 valence electrons. The van der Waals surface area contributed by atoms with E-state index in [9.17, 15) is 4.79 Å². The normalized spacial score (nSPS) is 15.3. The number of thiazole rings is 1. The largest absolute Gasteiger partial charge is 0.338 e. The van der Waals surface area contributed by atoms with Gasteiger partial charge >= 0.3 is 0 Å². The summed E-state index contributed by atoms with van der Waals surface area (Å²) < 4.78 is 0. The van der Waals surface area contributed by atoms with E-state index >= 15 is 0 Å².